The lowest BCUT2D eigenvalue weighted by Gasteiger charge is -2.04. The number of hydrogen-bond acceptors (Lipinski definition) is 5. The molecule has 3 aromatic rings. The third-order valence-corrected chi connectivity index (χ3v) is 3.79. The lowest BCUT2D eigenvalue weighted by molar-refractivity contribution is 0.380. The molecule has 20 heavy (non-hydrogen) atoms. The maximum Gasteiger partial charge on any atom is 0.240 e. The summed E-state index contributed by atoms with van der Waals surface area (Å²) in [6.07, 6.45) is 1.78. The molecule has 0 N–H and O–H groups in total. The molecule has 2 aromatic heterocycles. The lowest BCUT2D eigenvalue weighted by Crippen LogP contribution is -1.90. The van der Waals surface area contributed by atoms with Gasteiger partial charge in [0, 0.05) is 11.8 Å². The molecule has 1 atom stereocenters. The molecule has 0 amide bonds. The summed E-state index contributed by atoms with van der Waals surface area (Å²) in [5, 5.41) is 5.04. The average molecular weight is 283 g/mol. The summed E-state index contributed by atoms with van der Waals surface area (Å²) in [5.74, 6) is 1.23. The Balaban J connectivity index is 1.77. The zero-order valence-electron chi connectivity index (χ0n) is 10.9. The molecule has 5 heteroatoms. The zero-order valence-corrected chi connectivity index (χ0v) is 11.7. The summed E-state index contributed by atoms with van der Waals surface area (Å²) >= 11 is 1.60. The van der Waals surface area contributed by atoms with Gasteiger partial charge in [-0.3, -0.25) is 0 Å². The van der Waals surface area contributed by atoms with Gasteiger partial charge in [0.05, 0.1) is 10.3 Å². The van der Waals surface area contributed by atoms with Crippen LogP contribution < -0.4 is 0 Å². The standard InChI is InChI=1S/C15H13N3OS/c1-11(20-13-9-5-6-10-16-13)15-17-14(18-19-15)12-7-3-2-4-8-12/h2-11H,1H3. The summed E-state index contributed by atoms with van der Waals surface area (Å²) in [7, 11) is 0. The van der Waals surface area contributed by atoms with Gasteiger partial charge in [-0.15, -0.1) is 0 Å². The Hall–Kier alpha value is -2.14. The third-order valence-electron chi connectivity index (χ3n) is 2.76. The van der Waals surface area contributed by atoms with E-state index in [1.807, 2.05) is 55.5 Å². The molecule has 3 rings (SSSR count). The number of nitrogens with zero attached hydrogens (tertiary/aromatic N) is 3. The highest BCUT2D eigenvalue weighted by Crippen LogP contribution is 2.33. The number of benzene rings is 1. The van der Waals surface area contributed by atoms with Crippen molar-refractivity contribution in [3.05, 3.63) is 60.6 Å². The molecule has 100 valence electrons. The highest BCUT2D eigenvalue weighted by molar-refractivity contribution is 7.99. The van der Waals surface area contributed by atoms with E-state index >= 15 is 0 Å². The Morgan fingerprint density at radius 1 is 1.05 bits per heavy atom. The largest absolute Gasteiger partial charge is 0.338 e. The van der Waals surface area contributed by atoms with E-state index in [0.717, 1.165) is 10.6 Å². The number of aromatic nitrogens is 3. The van der Waals surface area contributed by atoms with Crippen LogP contribution in [0, 0.1) is 0 Å². The van der Waals surface area contributed by atoms with Crippen LogP contribution in [0.5, 0.6) is 0 Å². The second kappa shape index (κ2) is 5.88. The van der Waals surface area contributed by atoms with E-state index in [4.69, 9.17) is 4.52 Å². The van der Waals surface area contributed by atoms with E-state index < -0.39 is 0 Å². The summed E-state index contributed by atoms with van der Waals surface area (Å²) in [5.41, 5.74) is 0.956. The molecule has 0 aliphatic rings. The molecule has 0 aliphatic carbocycles. The summed E-state index contributed by atoms with van der Waals surface area (Å²) in [4.78, 5) is 8.73. The van der Waals surface area contributed by atoms with Crippen molar-refractivity contribution in [2.45, 2.75) is 17.2 Å². The molecule has 0 bridgehead atoms. The third kappa shape index (κ3) is 2.88. The first-order chi connectivity index (χ1) is 9.83. The Kier molecular flexibility index (Phi) is 3.78. The normalized spacial score (nSPS) is 12.2. The summed E-state index contributed by atoms with van der Waals surface area (Å²) in [6.45, 7) is 2.03. The van der Waals surface area contributed by atoms with E-state index in [0.29, 0.717) is 11.7 Å². The first-order valence-corrected chi connectivity index (χ1v) is 7.17. The molecule has 0 saturated carbocycles. The molecule has 0 fully saturated rings. The lowest BCUT2D eigenvalue weighted by atomic mass is 10.2. The highest BCUT2D eigenvalue weighted by Gasteiger charge is 2.16. The predicted molar refractivity (Wildman–Crippen MR) is 78.2 cm³/mol. The maximum atomic E-state index is 5.34. The Morgan fingerprint density at radius 2 is 1.85 bits per heavy atom. The van der Waals surface area contributed by atoms with Crippen LogP contribution in [-0.4, -0.2) is 15.1 Å². The van der Waals surface area contributed by atoms with Gasteiger partial charge in [-0.25, -0.2) is 4.98 Å². The van der Waals surface area contributed by atoms with Crippen LogP contribution in [0.3, 0.4) is 0 Å². The molecule has 0 saturated heterocycles. The summed E-state index contributed by atoms with van der Waals surface area (Å²) < 4.78 is 5.34. The smallest absolute Gasteiger partial charge is 0.240 e. The topological polar surface area (TPSA) is 51.8 Å². The Morgan fingerprint density at radius 3 is 2.60 bits per heavy atom. The van der Waals surface area contributed by atoms with Crippen molar-refractivity contribution in [2.24, 2.45) is 0 Å². The van der Waals surface area contributed by atoms with E-state index in [9.17, 15) is 0 Å². The molecular weight excluding hydrogens is 270 g/mol. The van der Waals surface area contributed by atoms with Crippen LogP contribution in [-0.2, 0) is 0 Å². The molecule has 2 heterocycles. The molecule has 4 nitrogen and oxygen atoms in total. The minimum atomic E-state index is 0.0647. The molecule has 1 aromatic carbocycles. The molecule has 0 spiro atoms. The zero-order chi connectivity index (χ0) is 13.8. The predicted octanol–water partition coefficient (Wildman–Crippen LogP) is 3.98. The van der Waals surface area contributed by atoms with Gasteiger partial charge in [-0.2, -0.15) is 4.98 Å². The van der Waals surface area contributed by atoms with E-state index in [2.05, 4.69) is 15.1 Å². The van der Waals surface area contributed by atoms with Crippen molar-refractivity contribution in [1.29, 1.82) is 0 Å². The van der Waals surface area contributed by atoms with Crippen LogP contribution >= 0.6 is 11.8 Å². The number of thioether (sulfide) groups is 1. The van der Waals surface area contributed by atoms with Gasteiger partial charge < -0.3 is 4.52 Å². The van der Waals surface area contributed by atoms with E-state index in [1.165, 1.54) is 0 Å². The fourth-order valence-corrected chi connectivity index (χ4v) is 2.59. The number of hydrogen-bond donors (Lipinski definition) is 0. The van der Waals surface area contributed by atoms with Gasteiger partial charge in [0.2, 0.25) is 11.7 Å². The Bertz CT molecular complexity index is 670. The molecular formula is C15H13N3OS. The van der Waals surface area contributed by atoms with Gasteiger partial charge in [0.15, 0.2) is 0 Å². The average Bonchev–Trinajstić information content (AvgIpc) is 2.99. The quantitative estimate of drug-likeness (QED) is 0.678. The van der Waals surface area contributed by atoms with E-state index in [-0.39, 0.29) is 5.25 Å². The molecule has 0 radical (unpaired) electrons. The van der Waals surface area contributed by atoms with E-state index in [1.54, 1.807) is 18.0 Å². The second-order valence-corrected chi connectivity index (χ2v) is 5.61. The van der Waals surface area contributed by atoms with Crippen LogP contribution in [0.2, 0.25) is 0 Å². The molecule has 1 unspecified atom stereocenters. The van der Waals surface area contributed by atoms with Crippen molar-refractivity contribution in [3.63, 3.8) is 0 Å². The van der Waals surface area contributed by atoms with Crippen molar-refractivity contribution in [3.8, 4) is 11.4 Å². The fourth-order valence-electron chi connectivity index (χ4n) is 1.75. The first-order valence-electron chi connectivity index (χ1n) is 6.29. The SMILES string of the molecule is CC(Sc1ccccn1)c1nc(-c2ccccc2)no1. The summed E-state index contributed by atoms with van der Waals surface area (Å²) in [6, 6.07) is 15.6. The van der Waals surface area contributed by atoms with Gasteiger partial charge in [-0.05, 0) is 19.1 Å². The number of pyridine rings is 1. The maximum absolute atomic E-state index is 5.34. The minimum absolute atomic E-state index is 0.0647. The Labute approximate surface area is 121 Å². The van der Waals surface area contributed by atoms with Gasteiger partial charge in [-0.1, -0.05) is 53.3 Å². The molecule has 0 aliphatic heterocycles. The van der Waals surface area contributed by atoms with Crippen molar-refractivity contribution in [1.82, 2.24) is 15.1 Å². The van der Waals surface area contributed by atoms with Gasteiger partial charge in [0.1, 0.15) is 0 Å². The van der Waals surface area contributed by atoms with Crippen LogP contribution in [0.25, 0.3) is 11.4 Å². The second-order valence-electron chi connectivity index (χ2n) is 4.25. The van der Waals surface area contributed by atoms with Crippen LogP contribution in [0.15, 0.2) is 64.3 Å². The minimum Gasteiger partial charge on any atom is -0.338 e. The van der Waals surface area contributed by atoms with Gasteiger partial charge >= 0.3 is 0 Å². The van der Waals surface area contributed by atoms with Crippen LogP contribution in [0.1, 0.15) is 18.1 Å². The fraction of sp³-hybridized carbons (Fsp3) is 0.133. The van der Waals surface area contributed by atoms with Crippen LogP contribution in [0.4, 0.5) is 0 Å². The first kappa shape index (κ1) is 12.9. The van der Waals surface area contributed by atoms with Gasteiger partial charge in [0.25, 0.3) is 0 Å². The van der Waals surface area contributed by atoms with Crippen molar-refractivity contribution >= 4 is 11.8 Å². The van der Waals surface area contributed by atoms with Crippen molar-refractivity contribution < 1.29 is 4.52 Å². The monoisotopic (exact) mass is 283 g/mol. The highest BCUT2D eigenvalue weighted by atomic mass is 32.2. The van der Waals surface area contributed by atoms with Crippen molar-refractivity contribution in [2.75, 3.05) is 0 Å². The number of rotatable bonds is 4.